The molecule has 0 atom stereocenters. The van der Waals surface area contributed by atoms with Crippen LogP contribution in [-0.4, -0.2) is 85.9 Å². The van der Waals surface area contributed by atoms with Crippen molar-refractivity contribution in [2.45, 2.75) is 13.5 Å². The summed E-state index contributed by atoms with van der Waals surface area (Å²) in [7, 11) is 0. The first-order valence-corrected chi connectivity index (χ1v) is 11.2. The normalized spacial score (nSPS) is 16.5. The second-order valence-corrected chi connectivity index (χ2v) is 8.05. The summed E-state index contributed by atoms with van der Waals surface area (Å²) >= 11 is 0. The number of benzene rings is 1. The maximum Gasteiger partial charge on any atom is 0.407 e. The molecule has 2 aromatic rings. The Morgan fingerprint density at radius 3 is 2.45 bits per heavy atom. The van der Waals surface area contributed by atoms with Crippen molar-refractivity contribution in [1.82, 2.24) is 20.2 Å². The second kappa shape index (κ2) is 11.0. The second-order valence-electron chi connectivity index (χ2n) is 8.05. The number of anilines is 2. The molecule has 2 saturated heterocycles. The van der Waals surface area contributed by atoms with E-state index in [2.05, 4.69) is 20.1 Å². The Morgan fingerprint density at radius 1 is 1.00 bits per heavy atom. The van der Waals surface area contributed by atoms with E-state index in [4.69, 9.17) is 14.5 Å². The highest BCUT2D eigenvalue weighted by Gasteiger charge is 2.24. The number of ether oxygens (including phenoxy) is 2. The molecule has 176 valence electrons. The van der Waals surface area contributed by atoms with Crippen LogP contribution in [0.25, 0.3) is 0 Å². The van der Waals surface area contributed by atoms with E-state index in [-0.39, 0.29) is 19.1 Å². The van der Waals surface area contributed by atoms with E-state index in [0.717, 1.165) is 36.1 Å². The molecule has 1 aromatic carbocycles. The third-order valence-corrected chi connectivity index (χ3v) is 5.68. The van der Waals surface area contributed by atoms with Crippen molar-refractivity contribution in [2.75, 3.05) is 68.8 Å². The zero-order chi connectivity index (χ0) is 23.0. The Balaban J connectivity index is 1.23. The molecule has 1 N–H and O–H groups in total. The molecule has 10 nitrogen and oxygen atoms in total. The van der Waals surface area contributed by atoms with Gasteiger partial charge in [-0.1, -0.05) is 30.3 Å². The Morgan fingerprint density at radius 2 is 1.73 bits per heavy atom. The summed E-state index contributed by atoms with van der Waals surface area (Å²) in [6.45, 7) is 7.46. The highest BCUT2D eigenvalue weighted by atomic mass is 16.5. The topological polar surface area (TPSA) is 100 Å². The summed E-state index contributed by atoms with van der Waals surface area (Å²) in [6.07, 6.45) is -0.599. The number of rotatable bonds is 6. The van der Waals surface area contributed by atoms with Gasteiger partial charge in [0.15, 0.2) is 0 Å². The minimum Gasteiger partial charge on any atom is -0.445 e. The molecule has 1 aromatic heterocycles. The molecular formula is C23H30N6O4. The predicted octanol–water partition coefficient (Wildman–Crippen LogP) is 1.20. The number of carbonyl (C=O) groups is 2. The lowest BCUT2D eigenvalue weighted by Gasteiger charge is -2.36. The third-order valence-electron chi connectivity index (χ3n) is 5.68. The zero-order valence-electron chi connectivity index (χ0n) is 18.9. The Bertz CT molecular complexity index is 943. The van der Waals surface area contributed by atoms with Crippen molar-refractivity contribution in [2.24, 2.45) is 0 Å². The van der Waals surface area contributed by atoms with Crippen molar-refractivity contribution in [3.8, 4) is 0 Å². The molecule has 10 heteroatoms. The highest BCUT2D eigenvalue weighted by molar-refractivity contribution is 5.82. The van der Waals surface area contributed by atoms with Gasteiger partial charge < -0.3 is 29.5 Å². The van der Waals surface area contributed by atoms with Gasteiger partial charge in [0.25, 0.3) is 0 Å². The Kier molecular flexibility index (Phi) is 7.56. The molecule has 0 bridgehead atoms. The predicted molar refractivity (Wildman–Crippen MR) is 123 cm³/mol. The van der Waals surface area contributed by atoms with Crippen LogP contribution in [0.4, 0.5) is 16.6 Å². The van der Waals surface area contributed by atoms with Crippen LogP contribution < -0.4 is 15.1 Å². The van der Waals surface area contributed by atoms with Gasteiger partial charge in [-0.05, 0) is 12.5 Å². The van der Waals surface area contributed by atoms with E-state index < -0.39 is 6.09 Å². The summed E-state index contributed by atoms with van der Waals surface area (Å²) in [5.41, 5.74) is 1.81. The standard InChI is InChI=1S/C23H30N6O4/c1-18-15-20(26-22(25-18)29-11-13-32-14-12-29)27-7-9-28(10-8-27)21(30)16-24-23(31)33-17-19-5-3-2-4-6-19/h2-6,15H,7-14,16-17H2,1H3,(H,24,31). The number of nitrogens with zero attached hydrogens (tertiary/aromatic N) is 5. The van der Waals surface area contributed by atoms with E-state index in [0.29, 0.717) is 39.4 Å². The monoisotopic (exact) mass is 454 g/mol. The van der Waals surface area contributed by atoms with Gasteiger partial charge in [-0.25, -0.2) is 9.78 Å². The van der Waals surface area contributed by atoms with Gasteiger partial charge in [-0.15, -0.1) is 0 Å². The quantitative estimate of drug-likeness (QED) is 0.695. The molecule has 0 radical (unpaired) electrons. The minimum atomic E-state index is -0.599. The number of amides is 2. The molecule has 2 amide bonds. The number of alkyl carbamates (subject to hydrolysis) is 1. The van der Waals surface area contributed by atoms with Crippen LogP contribution >= 0.6 is 0 Å². The molecule has 0 aliphatic carbocycles. The maximum atomic E-state index is 12.5. The summed E-state index contributed by atoms with van der Waals surface area (Å²) < 4.78 is 10.6. The van der Waals surface area contributed by atoms with Crippen LogP contribution in [0.5, 0.6) is 0 Å². The SMILES string of the molecule is Cc1cc(N2CCN(C(=O)CNC(=O)OCc3ccccc3)CC2)nc(N2CCOCC2)n1. The Hall–Kier alpha value is -3.40. The molecule has 33 heavy (non-hydrogen) atoms. The lowest BCUT2D eigenvalue weighted by atomic mass is 10.2. The van der Waals surface area contributed by atoms with E-state index in [1.54, 1.807) is 4.90 Å². The van der Waals surface area contributed by atoms with Gasteiger partial charge in [0.2, 0.25) is 11.9 Å². The van der Waals surface area contributed by atoms with Crippen LogP contribution in [0, 0.1) is 6.92 Å². The smallest absolute Gasteiger partial charge is 0.407 e. The first kappa shape index (κ1) is 22.8. The largest absolute Gasteiger partial charge is 0.445 e. The molecule has 0 saturated carbocycles. The van der Waals surface area contributed by atoms with E-state index >= 15 is 0 Å². The molecule has 0 unspecified atom stereocenters. The van der Waals surface area contributed by atoms with E-state index in [1.165, 1.54) is 0 Å². The average molecular weight is 455 g/mol. The zero-order valence-corrected chi connectivity index (χ0v) is 18.9. The lowest BCUT2D eigenvalue weighted by Crippen LogP contribution is -2.51. The van der Waals surface area contributed by atoms with Crippen molar-refractivity contribution in [3.63, 3.8) is 0 Å². The fraction of sp³-hybridized carbons (Fsp3) is 0.478. The summed E-state index contributed by atoms with van der Waals surface area (Å²) in [4.78, 5) is 39.8. The number of aryl methyl sites for hydroxylation is 1. The summed E-state index contributed by atoms with van der Waals surface area (Å²) in [6, 6.07) is 11.4. The van der Waals surface area contributed by atoms with Crippen LogP contribution in [0.2, 0.25) is 0 Å². The van der Waals surface area contributed by atoms with E-state index in [1.807, 2.05) is 43.3 Å². The average Bonchev–Trinajstić information content (AvgIpc) is 2.87. The number of aromatic nitrogens is 2. The number of piperazine rings is 1. The van der Waals surface area contributed by atoms with Gasteiger partial charge in [0.05, 0.1) is 13.2 Å². The number of hydrogen-bond acceptors (Lipinski definition) is 8. The lowest BCUT2D eigenvalue weighted by molar-refractivity contribution is -0.130. The first-order chi connectivity index (χ1) is 16.1. The maximum absolute atomic E-state index is 12.5. The van der Waals surface area contributed by atoms with Gasteiger partial charge in [-0.3, -0.25) is 4.79 Å². The van der Waals surface area contributed by atoms with Crippen LogP contribution in [-0.2, 0) is 20.9 Å². The van der Waals surface area contributed by atoms with Crippen LogP contribution in [0.1, 0.15) is 11.3 Å². The van der Waals surface area contributed by atoms with E-state index in [9.17, 15) is 9.59 Å². The van der Waals surface area contributed by atoms with Gasteiger partial charge in [0, 0.05) is 51.0 Å². The molecular weight excluding hydrogens is 424 g/mol. The summed E-state index contributed by atoms with van der Waals surface area (Å²) in [5, 5.41) is 2.54. The van der Waals surface area contributed by atoms with Crippen LogP contribution in [0.3, 0.4) is 0 Å². The van der Waals surface area contributed by atoms with Crippen molar-refractivity contribution < 1.29 is 19.1 Å². The molecule has 2 aliphatic rings. The van der Waals surface area contributed by atoms with Crippen LogP contribution in [0.15, 0.2) is 36.4 Å². The highest BCUT2D eigenvalue weighted by Crippen LogP contribution is 2.19. The first-order valence-electron chi connectivity index (χ1n) is 11.2. The number of hydrogen-bond donors (Lipinski definition) is 1. The number of nitrogens with one attached hydrogen (secondary N) is 1. The third kappa shape index (κ3) is 6.32. The molecule has 4 rings (SSSR count). The number of morpholine rings is 1. The summed E-state index contributed by atoms with van der Waals surface area (Å²) in [5.74, 6) is 1.47. The van der Waals surface area contributed by atoms with Gasteiger partial charge >= 0.3 is 6.09 Å². The fourth-order valence-electron chi connectivity index (χ4n) is 3.82. The van der Waals surface area contributed by atoms with Gasteiger partial charge in [-0.2, -0.15) is 4.98 Å². The van der Waals surface area contributed by atoms with Crippen molar-refractivity contribution in [1.29, 1.82) is 0 Å². The molecule has 2 aliphatic heterocycles. The fourth-order valence-corrected chi connectivity index (χ4v) is 3.82. The molecule has 3 heterocycles. The van der Waals surface area contributed by atoms with Crippen molar-refractivity contribution in [3.05, 3.63) is 47.7 Å². The molecule has 2 fully saturated rings. The minimum absolute atomic E-state index is 0.0819. The number of carbonyl (C=O) groups excluding carboxylic acids is 2. The Labute approximate surface area is 193 Å². The van der Waals surface area contributed by atoms with Gasteiger partial charge in [0.1, 0.15) is 19.0 Å². The van der Waals surface area contributed by atoms with Crippen molar-refractivity contribution >= 4 is 23.8 Å². The molecule has 0 spiro atoms.